The molecule has 3 aromatic carbocycles. The molecular weight excluding hydrogens is 574 g/mol. The van der Waals surface area contributed by atoms with Crippen molar-refractivity contribution in [2.24, 2.45) is 0 Å². The minimum atomic E-state index is -0.551. The number of rotatable bonds is 11. The summed E-state index contributed by atoms with van der Waals surface area (Å²) in [5.74, 6) is 2.05. The van der Waals surface area contributed by atoms with Gasteiger partial charge in [0, 0.05) is 29.5 Å². The Morgan fingerprint density at radius 3 is 2.52 bits per heavy atom. The van der Waals surface area contributed by atoms with Gasteiger partial charge < -0.3 is 19.7 Å². The Morgan fingerprint density at radius 1 is 0.977 bits per heavy atom. The molecule has 1 aromatic heterocycles. The van der Waals surface area contributed by atoms with E-state index in [4.69, 9.17) is 21.1 Å². The molecule has 1 fully saturated rings. The second-order valence-electron chi connectivity index (χ2n) is 11.3. The van der Waals surface area contributed by atoms with Gasteiger partial charge in [-0.2, -0.15) is 4.98 Å². The molecule has 1 aliphatic rings. The maximum Gasteiger partial charge on any atom is 0.421 e. The van der Waals surface area contributed by atoms with Gasteiger partial charge in [-0.3, -0.25) is 4.90 Å². The fraction of sp³-hybridized carbons (Fsp3) is 0.343. The number of amides is 1. The summed E-state index contributed by atoms with van der Waals surface area (Å²) >= 11 is 6.26. The molecule has 4 aromatic rings. The summed E-state index contributed by atoms with van der Waals surface area (Å²) in [6.07, 6.45) is 5.99. The SMILES string of the molecule is Cc1cc(C)c(OC(=O)N(Cc2cccc(Cl)c2)c2ccnc(Nc3cccc(OCCCN4CCCCC4)c3)n2)c(C)c1. The van der Waals surface area contributed by atoms with Gasteiger partial charge in [0.15, 0.2) is 0 Å². The van der Waals surface area contributed by atoms with E-state index in [2.05, 4.69) is 20.2 Å². The van der Waals surface area contributed by atoms with Crippen LogP contribution in [-0.2, 0) is 6.54 Å². The molecule has 8 nitrogen and oxygen atoms in total. The Hall–Kier alpha value is -4.14. The van der Waals surface area contributed by atoms with Crippen molar-refractivity contribution in [2.75, 3.05) is 36.5 Å². The number of hydrogen-bond donors (Lipinski definition) is 1. The molecular formula is C35H40ClN5O3. The molecule has 1 N–H and O–H groups in total. The van der Waals surface area contributed by atoms with Gasteiger partial charge in [0.25, 0.3) is 0 Å². The number of likely N-dealkylation sites (tertiary alicyclic amines) is 1. The van der Waals surface area contributed by atoms with Crippen LogP contribution < -0.4 is 19.7 Å². The quantitative estimate of drug-likeness (QED) is 0.171. The number of carbonyl (C=O) groups excluding carboxylic acids is 1. The molecule has 0 aliphatic carbocycles. The zero-order valence-electron chi connectivity index (χ0n) is 25.7. The standard InChI is InChI=1S/C35H40ClN5O3/c1-25-20-26(2)33(27(3)21-25)44-35(42)41(24-28-10-7-11-29(36)22-28)32-14-15-37-34(39-32)38-30-12-8-13-31(23-30)43-19-9-18-40-16-5-4-6-17-40/h7-8,10-15,20-23H,4-6,9,16-19,24H2,1-3H3,(H,37,38,39). The fourth-order valence-corrected chi connectivity index (χ4v) is 5.75. The molecule has 1 amide bonds. The average molecular weight is 614 g/mol. The first-order valence-electron chi connectivity index (χ1n) is 15.2. The maximum absolute atomic E-state index is 13.7. The molecule has 5 rings (SSSR count). The van der Waals surface area contributed by atoms with Gasteiger partial charge in [0.2, 0.25) is 5.95 Å². The van der Waals surface area contributed by atoms with Gasteiger partial charge in [0.05, 0.1) is 13.2 Å². The summed E-state index contributed by atoms with van der Waals surface area (Å²) < 4.78 is 12.0. The van der Waals surface area contributed by atoms with Crippen molar-refractivity contribution in [1.82, 2.24) is 14.9 Å². The van der Waals surface area contributed by atoms with Crippen molar-refractivity contribution in [3.8, 4) is 11.5 Å². The lowest BCUT2D eigenvalue weighted by molar-refractivity contribution is 0.205. The van der Waals surface area contributed by atoms with Crippen LogP contribution in [0.5, 0.6) is 11.5 Å². The van der Waals surface area contributed by atoms with Gasteiger partial charge in [-0.1, -0.05) is 53.9 Å². The lowest BCUT2D eigenvalue weighted by atomic mass is 10.1. The molecule has 0 atom stereocenters. The topological polar surface area (TPSA) is 79.8 Å². The first kappa shape index (κ1) is 31.3. The summed E-state index contributed by atoms with van der Waals surface area (Å²) in [6.45, 7) is 10.2. The lowest BCUT2D eigenvalue weighted by Gasteiger charge is -2.26. The van der Waals surface area contributed by atoms with E-state index in [0.717, 1.165) is 46.7 Å². The van der Waals surface area contributed by atoms with Crippen molar-refractivity contribution in [2.45, 2.75) is 53.0 Å². The van der Waals surface area contributed by atoms with Crippen LogP contribution in [0.1, 0.15) is 47.9 Å². The Labute approximate surface area is 265 Å². The summed E-state index contributed by atoms with van der Waals surface area (Å²) in [5.41, 5.74) is 4.50. The highest BCUT2D eigenvalue weighted by Gasteiger charge is 2.23. The number of aromatic nitrogens is 2. The van der Waals surface area contributed by atoms with Gasteiger partial charge in [0.1, 0.15) is 17.3 Å². The molecule has 9 heteroatoms. The van der Waals surface area contributed by atoms with Crippen LogP contribution in [0.25, 0.3) is 0 Å². The number of nitrogens with zero attached hydrogens (tertiary/aromatic N) is 4. The molecule has 0 saturated carbocycles. The smallest absolute Gasteiger partial charge is 0.421 e. The third-order valence-corrected chi connectivity index (χ3v) is 7.82. The molecule has 0 spiro atoms. The van der Waals surface area contributed by atoms with E-state index in [1.165, 1.54) is 37.3 Å². The van der Waals surface area contributed by atoms with E-state index in [-0.39, 0.29) is 6.54 Å². The molecule has 2 heterocycles. The van der Waals surface area contributed by atoms with E-state index in [0.29, 0.717) is 29.1 Å². The number of ether oxygens (including phenoxy) is 2. The Bertz CT molecular complexity index is 1550. The number of nitrogens with one attached hydrogen (secondary N) is 1. The van der Waals surface area contributed by atoms with Gasteiger partial charge in [-0.15, -0.1) is 0 Å². The molecule has 1 saturated heterocycles. The number of piperidine rings is 1. The highest BCUT2D eigenvalue weighted by Crippen LogP contribution is 2.28. The van der Waals surface area contributed by atoms with E-state index in [9.17, 15) is 4.79 Å². The van der Waals surface area contributed by atoms with E-state index >= 15 is 0 Å². The first-order valence-corrected chi connectivity index (χ1v) is 15.6. The van der Waals surface area contributed by atoms with Crippen LogP contribution in [0.15, 0.2) is 72.9 Å². The zero-order chi connectivity index (χ0) is 30.9. The minimum Gasteiger partial charge on any atom is -0.493 e. The summed E-state index contributed by atoms with van der Waals surface area (Å²) in [5, 5.41) is 3.84. The van der Waals surface area contributed by atoms with Crippen molar-refractivity contribution in [3.05, 3.63) is 100 Å². The molecule has 0 unspecified atom stereocenters. The average Bonchev–Trinajstić information content (AvgIpc) is 3.01. The minimum absolute atomic E-state index is 0.209. The zero-order valence-corrected chi connectivity index (χ0v) is 26.4. The molecule has 44 heavy (non-hydrogen) atoms. The van der Waals surface area contributed by atoms with E-state index < -0.39 is 6.09 Å². The highest BCUT2D eigenvalue weighted by atomic mass is 35.5. The second-order valence-corrected chi connectivity index (χ2v) is 11.7. The number of anilines is 3. The van der Waals surface area contributed by atoms with Crippen molar-refractivity contribution in [1.29, 1.82) is 0 Å². The summed E-state index contributed by atoms with van der Waals surface area (Å²) in [4.78, 5) is 26.8. The van der Waals surface area contributed by atoms with Gasteiger partial charge >= 0.3 is 6.09 Å². The normalized spacial score (nSPS) is 13.4. The van der Waals surface area contributed by atoms with Crippen LogP contribution in [0.4, 0.5) is 22.2 Å². The Morgan fingerprint density at radius 2 is 1.75 bits per heavy atom. The van der Waals surface area contributed by atoms with Crippen LogP contribution in [0.2, 0.25) is 5.02 Å². The second kappa shape index (κ2) is 15.0. The lowest BCUT2D eigenvalue weighted by Crippen LogP contribution is -2.34. The molecule has 1 aliphatic heterocycles. The van der Waals surface area contributed by atoms with E-state index in [1.807, 2.05) is 75.4 Å². The third kappa shape index (κ3) is 8.71. The van der Waals surface area contributed by atoms with E-state index in [1.54, 1.807) is 18.3 Å². The molecule has 0 bridgehead atoms. The monoisotopic (exact) mass is 613 g/mol. The predicted molar refractivity (Wildman–Crippen MR) is 176 cm³/mol. The Kier molecular flexibility index (Phi) is 10.7. The van der Waals surface area contributed by atoms with Crippen LogP contribution >= 0.6 is 11.6 Å². The number of aryl methyl sites for hydroxylation is 3. The first-order chi connectivity index (χ1) is 21.3. The largest absolute Gasteiger partial charge is 0.493 e. The van der Waals surface area contributed by atoms with Crippen LogP contribution in [0.3, 0.4) is 0 Å². The fourth-order valence-electron chi connectivity index (χ4n) is 5.54. The Balaban J connectivity index is 1.30. The number of hydrogen-bond acceptors (Lipinski definition) is 7. The van der Waals surface area contributed by atoms with Gasteiger partial charge in [-0.25, -0.2) is 9.78 Å². The summed E-state index contributed by atoms with van der Waals surface area (Å²) in [7, 11) is 0. The summed E-state index contributed by atoms with van der Waals surface area (Å²) in [6, 6.07) is 20.8. The van der Waals surface area contributed by atoms with Crippen LogP contribution in [0, 0.1) is 20.8 Å². The molecule has 0 radical (unpaired) electrons. The van der Waals surface area contributed by atoms with Crippen LogP contribution in [-0.4, -0.2) is 47.2 Å². The maximum atomic E-state index is 13.7. The number of halogens is 1. The van der Waals surface area contributed by atoms with Gasteiger partial charge in [-0.05, 0) is 100 Å². The molecule has 230 valence electrons. The van der Waals surface area contributed by atoms with Crippen molar-refractivity contribution >= 4 is 35.1 Å². The number of benzene rings is 3. The number of carbonyl (C=O) groups is 1. The third-order valence-electron chi connectivity index (χ3n) is 7.59. The van der Waals surface area contributed by atoms with Crippen molar-refractivity contribution in [3.63, 3.8) is 0 Å². The van der Waals surface area contributed by atoms with Crippen molar-refractivity contribution < 1.29 is 14.3 Å². The highest BCUT2D eigenvalue weighted by molar-refractivity contribution is 6.30. The predicted octanol–water partition coefficient (Wildman–Crippen LogP) is 8.26.